The van der Waals surface area contributed by atoms with Crippen molar-refractivity contribution in [2.24, 2.45) is 0 Å². The second kappa shape index (κ2) is 10.9. The lowest BCUT2D eigenvalue weighted by Gasteiger charge is -2.20. The van der Waals surface area contributed by atoms with E-state index in [4.69, 9.17) is 28.4 Å². The number of ether oxygens (including phenoxy) is 6. The van der Waals surface area contributed by atoms with Gasteiger partial charge in [-0.1, -0.05) is 12.7 Å². The summed E-state index contributed by atoms with van der Waals surface area (Å²) in [7, 11) is 2.63. The highest BCUT2D eigenvalue weighted by Crippen LogP contribution is 2.48. The maximum Gasteiger partial charge on any atom is 0.229 e. The summed E-state index contributed by atoms with van der Waals surface area (Å²) < 4.78 is 60.4. The zero-order valence-corrected chi connectivity index (χ0v) is 20.9. The topological polar surface area (TPSA) is 102 Å². The van der Waals surface area contributed by atoms with Crippen LogP contribution in [0.25, 0.3) is 0 Å². The van der Waals surface area contributed by atoms with Crippen molar-refractivity contribution in [2.75, 3.05) is 46.0 Å². The van der Waals surface area contributed by atoms with Gasteiger partial charge < -0.3 is 28.4 Å². The van der Waals surface area contributed by atoms with Crippen molar-refractivity contribution in [1.82, 2.24) is 0 Å². The first-order valence-electron chi connectivity index (χ1n) is 10.6. The maximum atomic E-state index is 12.0. The Morgan fingerprint density at radius 3 is 1.85 bits per heavy atom. The van der Waals surface area contributed by atoms with Crippen LogP contribution in [-0.2, 0) is 14.8 Å². The van der Waals surface area contributed by atoms with E-state index in [9.17, 15) is 8.42 Å². The second-order valence-electron chi connectivity index (χ2n) is 7.72. The molecule has 2 aromatic rings. The lowest BCUT2D eigenvalue weighted by Crippen LogP contribution is -2.12. The number of nitrogens with one attached hydrogen (secondary N) is 1. The number of rotatable bonds is 11. The van der Waals surface area contributed by atoms with Gasteiger partial charge in [0, 0.05) is 0 Å². The van der Waals surface area contributed by atoms with Crippen LogP contribution in [0.3, 0.4) is 0 Å². The Morgan fingerprint density at radius 1 is 0.912 bits per heavy atom. The molecule has 1 saturated heterocycles. The van der Waals surface area contributed by atoms with Crippen molar-refractivity contribution in [2.45, 2.75) is 25.0 Å². The SMILES string of the molecule is C=CCOc1c(NS(C)(=O)=O)cc([C@H]2CC[C@H](c3cc(OC)c(OC)c(OC)c3)O2)cc1OC. The Morgan fingerprint density at radius 2 is 1.41 bits per heavy atom. The van der Waals surface area contributed by atoms with Crippen molar-refractivity contribution >= 4 is 15.7 Å². The van der Waals surface area contributed by atoms with E-state index in [1.807, 2.05) is 12.1 Å². The molecule has 1 aliphatic rings. The Bertz CT molecular complexity index is 1110. The molecular formula is C24H31NO8S. The first-order valence-corrected chi connectivity index (χ1v) is 12.5. The van der Waals surface area contributed by atoms with Crippen LogP contribution >= 0.6 is 0 Å². The fourth-order valence-electron chi connectivity index (χ4n) is 3.94. The summed E-state index contributed by atoms with van der Waals surface area (Å²) in [5.41, 5.74) is 1.94. The number of benzene rings is 2. The molecule has 0 bridgehead atoms. The molecule has 9 nitrogen and oxygen atoms in total. The molecule has 34 heavy (non-hydrogen) atoms. The lowest BCUT2D eigenvalue weighted by atomic mass is 10.0. The molecule has 0 spiro atoms. The first-order chi connectivity index (χ1) is 16.2. The summed E-state index contributed by atoms with van der Waals surface area (Å²) in [5, 5.41) is 0. The van der Waals surface area contributed by atoms with E-state index < -0.39 is 10.0 Å². The van der Waals surface area contributed by atoms with Crippen molar-refractivity contribution < 1.29 is 36.8 Å². The largest absolute Gasteiger partial charge is 0.493 e. The van der Waals surface area contributed by atoms with E-state index in [2.05, 4.69) is 11.3 Å². The van der Waals surface area contributed by atoms with E-state index >= 15 is 0 Å². The molecule has 0 aliphatic carbocycles. The number of sulfonamides is 1. The van der Waals surface area contributed by atoms with E-state index in [0.717, 1.165) is 30.2 Å². The van der Waals surface area contributed by atoms with Crippen LogP contribution in [0.5, 0.6) is 28.7 Å². The van der Waals surface area contributed by atoms with Gasteiger partial charge in [0.25, 0.3) is 0 Å². The summed E-state index contributed by atoms with van der Waals surface area (Å²) >= 11 is 0. The average Bonchev–Trinajstić information content (AvgIpc) is 3.31. The fourth-order valence-corrected chi connectivity index (χ4v) is 4.49. The van der Waals surface area contributed by atoms with Gasteiger partial charge in [0.05, 0.1) is 52.6 Å². The average molecular weight is 494 g/mol. The van der Waals surface area contributed by atoms with Crippen LogP contribution < -0.4 is 28.4 Å². The summed E-state index contributed by atoms with van der Waals surface area (Å²) in [6.45, 7) is 3.83. The van der Waals surface area contributed by atoms with Crippen LogP contribution in [0.1, 0.15) is 36.2 Å². The molecule has 1 aliphatic heterocycles. The lowest BCUT2D eigenvalue weighted by molar-refractivity contribution is 0.0437. The summed E-state index contributed by atoms with van der Waals surface area (Å²) in [5.74, 6) is 2.29. The van der Waals surface area contributed by atoms with Gasteiger partial charge in [-0.05, 0) is 48.2 Å². The van der Waals surface area contributed by atoms with Gasteiger partial charge in [0.15, 0.2) is 23.0 Å². The summed E-state index contributed by atoms with van der Waals surface area (Å²) in [6.07, 6.45) is 3.61. The third kappa shape index (κ3) is 5.68. The van der Waals surface area contributed by atoms with Crippen LogP contribution in [0.15, 0.2) is 36.9 Å². The summed E-state index contributed by atoms with van der Waals surface area (Å²) in [6, 6.07) is 7.26. The highest BCUT2D eigenvalue weighted by atomic mass is 32.2. The minimum Gasteiger partial charge on any atom is -0.493 e. The second-order valence-corrected chi connectivity index (χ2v) is 9.47. The highest BCUT2D eigenvalue weighted by Gasteiger charge is 2.31. The molecule has 1 heterocycles. The van der Waals surface area contributed by atoms with Crippen LogP contribution in [-0.4, -0.2) is 49.7 Å². The van der Waals surface area contributed by atoms with E-state index in [1.165, 1.54) is 7.11 Å². The van der Waals surface area contributed by atoms with Crippen molar-refractivity contribution in [1.29, 1.82) is 0 Å². The van der Waals surface area contributed by atoms with Crippen molar-refractivity contribution in [3.8, 4) is 28.7 Å². The molecule has 0 amide bonds. The standard InChI is InChI=1S/C24H31NO8S/c1-7-10-32-23-17(25-34(6,26)27)11-15(12-20(23)28-2)18-8-9-19(33-18)16-13-21(29-3)24(31-5)22(14-16)30-4/h7,11-14,18-19,25H,1,8-10H2,2-6H3/t18-,19-/m1/s1. The van der Waals surface area contributed by atoms with Crippen LogP contribution in [0, 0.1) is 0 Å². The molecular weight excluding hydrogens is 462 g/mol. The van der Waals surface area contributed by atoms with E-state index in [0.29, 0.717) is 23.0 Å². The summed E-state index contributed by atoms with van der Waals surface area (Å²) in [4.78, 5) is 0. The van der Waals surface area contributed by atoms with E-state index in [1.54, 1.807) is 39.5 Å². The molecule has 1 N–H and O–H groups in total. The van der Waals surface area contributed by atoms with Gasteiger partial charge in [-0.2, -0.15) is 0 Å². The van der Waals surface area contributed by atoms with Crippen molar-refractivity contribution in [3.05, 3.63) is 48.0 Å². The van der Waals surface area contributed by atoms with Gasteiger partial charge in [0.2, 0.25) is 15.8 Å². The monoisotopic (exact) mass is 493 g/mol. The van der Waals surface area contributed by atoms with Crippen molar-refractivity contribution in [3.63, 3.8) is 0 Å². The zero-order valence-electron chi connectivity index (χ0n) is 20.0. The Kier molecular flexibility index (Phi) is 8.16. The quantitative estimate of drug-likeness (QED) is 0.464. The fraction of sp³-hybridized carbons (Fsp3) is 0.417. The minimum atomic E-state index is -3.56. The number of hydrogen-bond acceptors (Lipinski definition) is 8. The first kappa shape index (κ1) is 25.5. The van der Waals surface area contributed by atoms with Gasteiger partial charge in [-0.15, -0.1) is 0 Å². The molecule has 0 radical (unpaired) electrons. The predicted molar refractivity (Wildman–Crippen MR) is 129 cm³/mol. The van der Waals surface area contributed by atoms with Crippen LogP contribution in [0.2, 0.25) is 0 Å². The van der Waals surface area contributed by atoms with E-state index in [-0.39, 0.29) is 30.3 Å². The molecule has 3 rings (SSSR count). The third-order valence-corrected chi connectivity index (χ3v) is 5.98. The number of anilines is 1. The maximum absolute atomic E-state index is 12.0. The van der Waals surface area contributed by atoms with Gasteiger partial charge in [0.1, 0.15) is 6.61 Å². The minimum absolute atomic E-state index is 0.192. The molecule has 2 atom stereocenters. The highest BCUT2D eigenvalue weighted by molar-refractivity contribution is 7.92. The molecule has 2 aromatic carbocycles. The Hall–Kier alpha value is -3.11. The predicted octanol–water partition coefficient (Wildman–Crippen LogP) is 4.25. The Balaban J connectivity index is 1.94. The van der Waals surface area contributed by atoms with Gasteiger partial charge in [-0.25, -0.2) is 8.42 Å². The van der Waals surface area contributed by atoms with Crippen LogP contribution in [0.4, 0.5) is 5.69 Å². The smallest absolute Gasteiger partial charge is 0.229 e. The Labute approximate surface area is 200 Å². The molecule has 0 aromatic heterocycles. The zero-order chi connectivity index (χ0) is 24.9. The molecule has 1 fully saturated rings. The molecule has 186 valence electrons. The van der Waals surface area contributed by atoms with Gasteiger partial charge >= 0.3 is 0 Å². The molecule has 0 saturated carbocycles. The number of methoxy groups -OCH3 is 4. The third-order valence-electron chi connectivity index (χ3n) is 5.39. The molecule has 0 unspecified atom stereocenters. The normalized spacial score (nSPS) is 17.7. The molecule has 10 heteroatoms. The number of hydrogen-bond donors (Lipinski definition) is 1. The van der Waals surface area contributed by atoms with Gasteiger partial charge in [-0.3, -0.25) is 4.72 Å².